The van der Waals surface area contributed by atoms with Crippen molar-refractivity contribution in [2.45, 2.75) is 0 Å². The van der Waals surface area contributed by atoms with Crippen LogP contribution in [0.5, 0.6) is 0 Å². The van der Waals surface area contributed by atoms with Gasteiger partial charge in [-0.2, -0.15) is 0 Å². The molecular formula is C12H14B. The predicted molar refractivity (Wildman–Crippen MR) is 62.7 cm³/mol. The SMILES string of the molecule is C=C/C=C(/[B]/C(C=C)=C/C=C)C=C. The summed E-state index contributed by atoms with van der Waals surface area (Å²) in [5, 5.41) is 0. The lowest BCUT2D eigenvalue weighted by Crippen LogP contribution is -1.96. The molecule has 0 N–H and O–H groups in total. The maximum atomic E-state index is 3.69. The molecule has 65 valence electrons. The highest BCUT2D eigenvalue weighted by atomic mass is 13.8. The van der Waals surface area contributed by atoms with E-state index in [0.717, 1.165) is 10.9 Å². The normalized spacial score (nSPS) is 11.7. The predicted octanol–water partition coefficient (Wildman–Crippen LogP) is 3.20. The number of allylic oxidation sites excluding steroid dienone is 8. The Morgan fingerprint density at radius 3 is 1.38 bits per heavy atom. The van der Waals surface area contributed by atoms with Gasteiger partial charge in [0.05, 0.1) is 0 Å². The molecular weight excluding hydrogens is 155 g/mol. The van der Waals surface area contributed by atoms with Crippen molar-refractivity contribution >= 4 is 7.28 Å². The monoisotopic (exact) mass is 169 g/mol. The number of rotatable bonds is 6. The first-order chi connectivity index (χ1) is 6.28. The van der Waals surface area contributed by atoms with E-state index in [1.807, 2.05) is 19.4 Å². The van der Waals surface area contributed by atoms with Crippen LogP contribution in [0.4, 0.5) is 0 Å². The molecule has 0 aliphatic carbocycles. The Morgan fingerprint density at radius 2 is 1.15 bits per heavy atom. The lowest BCUT2D eigenvalue weighted by Gasteiger charge is -1.99. The average Bonchev–Trinajstić information content (AvgIpc) is 2.16. The van der Waals surface area contributed by atoms with Crippen LogP contribution in [0, 0.1) is 0 Å². The highest BCUT2D eigenvalue weighted by molar-refractivity contribution is 6.55. The Morgan fingerprint density at radius 1 is 0.769 bits per heavy atom. The summed E-state index contributed by atoms with van der Waals surface area (Å²) in [6.07, 6.45) is 10.7. The second-order valence-electron chi connectivity index (χ2n) is 2.36. The van der Waals surface area contributed by atoms with Crippen molar-refractivity contribution in [1.29, 1.82) is 0 Å². The molecule has 0 bridgehead atoms. The Kier molecular flexibility index (Phi) is 6.35. The summed E-state index contributed by atoms with van der Waals surface area (Å²) < 4.78 is 0. The maximum Gasteiger partial charge on any atom is 0.191 e. The molecule has 0 unspecified atom stereocenters. The minimum atomic E-state index is 1.00. The first-order valence-corrected chi connectivity index (χ1v) is 4.03. The summed E-state index contributed by atoms with van der Waals surface area (Å²) in [6, 6.07) is 0. The molecule has 0 heterocycles. The minimum Gasteiger partial charge on any atom is -0.0996 e. The average molecular weight is 169 g/mol. The fourth-order valence-corrected chi connectivity index (χ4v) is 0.815. The molecule has 0 saturated heterocycles. The largest absolute Gasteiger partial charge is 0.191 e. The van der Waals surface area contributed by atoms with Crippen molar-refractivity contribution in [2.24, 2.45) is 0 Å². The molecule has 0 fully saturated rings. The summed E-state index contributed by atoms with van der Waals surface area (Å²) in [5.74, 6) is 0. The third kappa shape index (κ3) is 4.86. The Hall–Kier alpha value is -1.50. The molecule has 0 aromatic rings. The summed E-state index contributed by atoms with van der Waals surface area (Å²) >= 11 is 0. The Balaban J connectivity index is 4.54. The van der Waals surface area contributed by atoms with Gasteiger partial charge in [0, 0.05) is 0 Å². The van der Waals surface area contributed by atoms with Gasteiger partial charge in [-0.25, -0.2) is 0 Å². The lowest BCUT2D eigenvalue weighted by atomic mass is 9.62. The van der Waals surface area contributed by atoms with Gasteiger partial charge in [-0.15, -0.1) is 0 Å². The van der Waals surface area contributed by atoms with Gasteiger partial charge < -0.3 is 0 Å². The van der Waals surface area contributed by atoms with Gasteiger partial charge in [0.15, 0.2) is 7.28 Å². The summed E-state index contributed by atoms with van der Waals surface area (Å²) in [7, 11) is 1.96. The Bertz CT molecular complexity index is 239. The van der Waals surface area contributed by atoms with E-state index in [1.165, 1.54) is 0 Å². The number of hydrogen-bond acceptors (Lipinski definition) is 0. The molecule has 0 saturated carbocycles. The minimum absolute atomic E-state index is 1.00. The van der Waals surface area contributed by atoms with Crippen LogP contribution in [-0.4, -0.2) is 7.28 Å². The van der Waals surface area contributed by atoms with Crippen molar-refractivity contribution in [3.05, 3.63) is 73.7 Å². The van der Waals surface area contributed by atoms with Crippen LogP contribution in [0.15, 0.2) is 73.7 Å². The molecule has 0 aliphatic rings. The zero-order valence-corrected chi connectivity index (χ0v) is 7.87. The van der Waals surface area contributed by atoms with E-state index in [4.69, 9.17) is 0 Å². The zero-order chi connectivity index (χ0) is 10.1. The topological polar surface area (TPSA) is 0 Å². The second kappa shape index (κ2) is 7.17. The number of hydrogen-bond donors (Lipinski definition) is 0. The fraction of sp³-hybridized carbons (Fsp3) is 0. The molecule has 0 amide bonds. The lowest BCUT2D eigenvalue weighted by molar-refractivity contribution is 1.80. The zero-order valence-electron chi connectivity index (χ0n) is 7.87. The van der Waals surface area contributed by atoms with Gasteiger partial charge >= 0.3 is 0 Å². The van der Waals surface area contributed by atoms with Crippen LogP contribution in [0.1, 0.15) is 0 Å². The molecule has 0 aliphatic heterocycles. The third-order valence-electron chi connectivity index (χ3n) is 1.43. The van der Waals surface area contributed by atoms with E-state index in [-0.39, 0.29) is 0 Å². The van der Waals surface area contributed by atoms with Crippen LogP contribution >= 0.6 is 0 Å². The van der Waals surface area contributed by atoms with Crippen molar-refractivity contribution in [2.75, 3.05) is 0 Å². The second-order valence-corrected chi connectivity index (χ2v) is 2.36. The van der Waals surface area contributed by atoms with Crippen LogP contribution in [-0.2, 0) is 0 Å². The fourth-order valence-electron chi connectivity index (χ4n) is 0.815. The van der Waals surface area contributed by atoms with Gasteiger partial charge in [-0.3, -0.25) is 0 Å². The Labute approximate surface area is 81.6 Å². The van der Waals surface area contributed by atoms with Crippen LogP contribution < -0.4 is 0 Å². The van der Waals surface area contributed by atoms with Gasteiger partial charge in [-0.1, -0.05) is 73.7 Å². The highest BCUT2D eigenvalue weighted by Crippen LogP contribution is 2.03. The van der Waals surface area contributed by atoms with E-state index in [0.29, 0.717) is 0 Å². The van der Waals surface area contributed by atoms with Crippen LogP contribution in [0.3, 0.4) is 0 Å². The summed E-state index contributed by atoms with van der Waals surface area (Å²) in [4.78, 5) is 0. The molecule has 0 nitrogen and oxygen atoms in total. The smallest absolute Gasteiger partial charge is 0.0996 e. The molecule has 1 radical (unpaired) electrons. The van der Waals surface area contributed by atoms with E-state index in [2.05, 4.69) is 26.3 Å². The quantitative estimate of drug-likeness (QED) is 0.423. The van der Waals surface area contributed by atoms with Crippen molar-refractivity contribution < 1.29 is 0 Å². The van der Waals surface area contributed by atoms with Crippen LogP contribution in [0.2, 0.25) is 0 Å². The molecule has 0 spiro atoms. The van der Waals surface area contributed by atoms with Crippen molar-refractivity contribution in [3.63, 3.8) is 0 Å². The molecule has 0 rings (SSSR count). The van der Waals surface area contributed by atoms with E-state index < -0.39 is 0 Å². The van der Waals surface area contributed by atoms with E-state index in [9.17, 15) is 0 Å². The molecule has 0 aromatic carbocycles. The van der Waals surface area contributed by atoms with Gasteiger partial charge in [0.2, 0.25) is 0 Å². The first-order valence-electron chi connectivity index (χ1n) is 4.03. The van der Waals surface area contributed by atoms with Gasteiger partial charge in [0.25, 0.3) is 0 Å². The maximum absolute atomic E-state index is 3.69. The summed E-state index contributed by atoms with van der Waals surface area (Å²) in [6.45, 7) is 14.6. The van der Waals surface area contributed by atoms with Crippen molar-refractivity contribution in [3.8, 4) is 0 Å². The highest BCUT2D eigenvalue weighted by Gasteiger charge is 1.96. The van der Waals surface area contributed by atoms with Crippen molar-refractivity contribution in [1.82, 2.24) is 0 Å². The molecule has 0 atom stereocenters. The standard InChI is InChI=1S/C12H14B/c1-5-9-11(7-3)13-12(8-4)10-6-2/h5-10H,1-4H2/b11-9+,12-10+. The summed E-state index contributed by atoms with van der Waals surface area (Å²) in [5.41, 5.74) is 2.01. The van der Waals surface area contributed by atoms with Gasteiger partial charge in [0.1, 0.15) is 0 Å². The first kappa shape index (κ1) is 11.5. The molecule has 0 aromatic heterocycles. The molecule has 13 heavy (non-hydrogen) atoms. The van der Waals surface area contributed by atoms with Gasteiger partial charge in [-0.05, 0) is 0 Å². The molecule has 1 heteroatoms. The third-order valence-corrected chi connectivity index (χ3v) is 1.43. The van der Waals surface area contributed by atoms with E-state index >= 15 is 0 Å². The van der Waals surface area contributed by atoms with Crippen LogP contribution in [0.25, 0.3) is 0 Å². The van der Waals surface area contributed by atoms with E-state index in [1.54, 1.807) is 24.3 Å².